The van der Waals surface area contributed by atoms with Crippen LogP contribution in [0.2, 0.25) is 0 Å². The monoisotopic (exact) mass is 803 g/mol. The SMILES string of the molecule is CCCCCCCCCCCC(C)C(C)(C)C1(C)CCc2cc(OC(=O)Oc3ccc4c(c3)CCC(C)(C(C)(C)C(C)CCCCCCCCCCC)O4)ccc2O1. The lowest BCUT2D eigenvalue weighted by Gasteiger charge is -2.50. The van der Waals surface area contributed by atoms with Crippen LogP contribution in [0.15, 0.2) is 36.4 Å². The van der Waals surface area contributed by atoms with Gasteiger partial charge in [0.15, 0.2) is 0 Å². The van der Waals surface area contributed by atoms with Gasteiger partial charge in [-0.1, -0.05) is 184 Å². The second-order valence-corrected chi connectivity index (χ2v) is 20.1. The van der Waals surface area contributed by atoms with Crippen molar-refractivity contribution >= 4 is 6.16 Å². The Balaban J connectivity index is 1.23. The summed E-state index contributed by atoms with van der Waals surface area (Å²) >= 11 is 0. The van der Waals surface area contributed by atoms with E-state index in [0.717, 1.165) is 48.3 Å². The molecule has 0 radical (unpaired) electrons. The first-order valence-electron chi connectivity index (χ1n) is 24.2. The summed E-state index contributed by atoms with van der Waals surface area (Å²) in [6.07, 6.45) is 29.8. The lowest BCUT2D eigenvalue weighted by Crippen LogP contribution is -2.52. The van der Waals surface area contributed by atoms with Gasteiger partial charge in [0.05, 0.1) is 0 Å². The molecule has 0 N–H and O–H groups in total. The predicted octanol–water partition coefficient (Wildman–Crippen LogP) is 16.6. The molecule has 4 atom stereocenters. The van der Waals surface area contributed by atoms with E-state index in [9.17, 15) is 4.79 Å². The molecule has 0 bridgehead atoms. The predicted molar refractivity (Wildman–Crippen MR) is 244 cm³/mol. The number of fused-ring (bicyclic) bond motifs is 2. The maximum absolute atomic E-state index is 13.0. The van der Waals surface area contributed by atoms with Crippen molar-refractivity contribution in [3.8, 4) is 23.0 Å². The maximum atomic E-state index is 13.0. The average Bonchev–Trinajstić information content (AvgIpc) is 3.19. The van der Waals surface area contributed by atoms with Gasteiger partial charge >= 0.3 is 6.16 Å². The minimum absolute atomic E-state index is 0.0173. The zero-order chi connectivity index (χ0) is 42.2. The summed E-state index contributed by atoms with van der Waals surface area (Å²) in [5.74, 6) is 3.83. The molecule has 4 rings (SSSR count). The molecule has 0 spiro atoms. The highest BCUT2D eigenvalue weighted by Crippen LogP contribution is 2.50. The molecule has 2 aliphatic heterocycles. The molecular weight excluding hydrogens is 717 g/mol. The van der Waals surface area contributed by atoms with E-state index in [1.807, 2.05) is 36.4 Å². The third kappa shape index (κ3) is 13.2. The molecule has 0 aromatic heterocycles. The fraction of sp³-hybridized carbons (Fsp3) is 0.755. The quantitative estimate of drug-likeness (QED) is 0.0539. The summed E-state index contributed by atoms with van der Waals surface area (Å²) in [6, 6.07) is 11.4. The zero-order valence-corrected chi connectivity index (χ0v) is 39.1. The van der Waals surface area contributed by atoms with Gasteiger partial charge in [0.2, 0.25) is 0 Å². The van der Waals surface area contributed by atoms with Gasteiger partial charge in [-0.3, -0.25) is 0 Å². The van der Waals surface area contributed by atoms with E-state index in [1.54, 1.807) is 0 Å². The Morgan fingerprint density at radius 1 is 0.569 bits per heavy atom. The van der Waals surface area contributed by atoms with Gasteiger partial charge in [-0.2, -0.15) is 0 Å². The Hall–Kier alpha value is -2.69. The van der Waals surface area contributed by atoms with Crippen molar-refractivity contribution in [2.75, 3.05) is 0 Å². The van der Waals surface area contributed by atoms with Crippen molar-refractivity contribution in [3.63, 3.8) is 0 Å². The molecule has 2 aromatic carbocycles. The minimum Gasteiger partial charge on any atom is -0.487 e. The van der Waals surface area contributed by atoms with Crippen LogP contribution in [0.5, 0.6) is 23.0 Å². The fourth-order valence-corrected chi connectivity index (χ4v) is 9.57. The number of hydrogen-bond donors (Lipinski definition) is 0. The van der Waals surface area contributed by atoms with Crippen molar-refractivity contribution in [3.05, 3.63) is 47.5 Å². The first-order chi connectivity index (χ1) is 27.7. The molecule has 2 aromatic rings. The Morgan fingerprint density at radius 2 is 0.897 bits per heavy atom. The highest BCUT2D eigenvalue weighted by molar-refractivity contribution is 5.67. The van der Waals surface area contributed by atoms with Gasteiger partial charge in [0.1, 0.15) is 34.2 Å². The lowest BCUT2D eigenvalue weighted by molar-refractivity contribution is -0.0738. The first-order valence-corrected chi connectivity index (χ1v) is 24.2. The van der Waals surface area contributed by atoms with Crippen molar-refractivity contribution in [2.45, 2.75) is 235 Å². The van der Waals surface area contributed by atoms with Crippen LogP contribution in [0.25, 0.3) is 0 Å². The Kier molecular flexibility index (Phi) is 18.8. The number of unbranched alkanes of at least 4 members (excludes halogenated alkanes) is 16. The molecule has 0 amide bonds. The summed E-state index contributed by atoms with van der Waals surface area (Å²) in [5.41, 5.74) is 1.64. The largest absolute Gasteiger partial charge is 0.519 e. The van der Waals surface area contributed by atoms with Crippen molar-refractivity contribution in [1.82, 2.24) is 0 Å². The van der Waals surface area contributed by atoms with Crippen LogP contribution in [-0.2, 0) is 12.8 Å². The van der Waals surface area contributed by atoms with Crippen LogP contribution in [0.1, 0.15) is 222 Å². The molecule has 0 fully saturated rings. The third-order valence-corrected chi connectivity index (χ3v) is 15.6. The van der Waals surface area contributed by atoms with Gasteiger partial charge < -0.3 is 18.9 Å². The normalized spacial score (nSPS) is 20.3. The lowest BCUT2D eigenvalue weighted by atomic mass is 9.63. The molecule has 4 unspecified atom stereocenters. The molecule has 0 saturated carbocycles. The van der Waals surface area contributed by atoms with Gasteiger partial charge in [0, 0.05) is 10.8 Å². The molecule has 5 heteroatoms. The molecule has 5 nitrogen and oxygen atoms in total. The van der Waals surface area contributed by atoms with Crippen molar-refractivity contribution in [2.24, 2.45) is 22.7 Å². The molecule has 0 saturated heterocycles. The van der Waals surface area contributed by atoms with Crippen LogP contribution in [0.3, 0.4) is 0 Å². The van der Waals surface area contributed by atoms with Crippen LogP contribution < -0.4 is 18.9 Å². The number of hydrogen-bond acceptors (Lipinski definition) is 5. The van der Waals surface area contributed by atoms with E-state index >= 15 is 0 Å². The minimum atomic E-state index is -0.735. The second-order valence-electron chi connectivity index (χ2n) is 20.1. The van der Waals surface area contributed by atoms with E-state index in [0.29, 0.717) is 23.3 Å². The van der Waals surface area contributed by atoms with E-state index < -0.39 is 6.16 Å². The summed E-state index contributed by atoms with van der Waals surface area (Å²) in [4.78, 5) is 13.0. The number of carbonyl (C=O) groups is 1. The molecule has 328 valence electrons. The zero-order valence-electron chi connectivity index (χ0n) is 39.1. The van der Waals surface area contributed by atoms with Crippen LogP contribution in [0.4, 0.5) is 4.79 Å². The highest BCUT2D eigenvalue weighted by atomic mass is 16.7. The Morgan fingerprint density at radius 3 is 1.24 bits per heavy atom. The number of carbonyl (C=O) groups excluding carboxylic acids is 1. The third-order valence-electron chi connectivity index (χ3n) is 15.6. The fourth-order valence-electron chi connectivity index (χ4n) is 9.57. The molecule has 0 aliphatic carbocycles. The smallest absolute Gasteiger partial charge is 0.487 e. The number of rotatable bonds is 26. The van der Waals surface area contributed by atoms with Crippen LogP contribution >= 0.6 is 0 Å². The number of ether oxygens (including phenoxy) is 4. The second kappa shape index (κ2) is 22.8. The highest BCUT2D eigenvalue weighted by Gasteiger charge is 2.49. The van der Waals surface area contributed by atoms with E-state index in [2.05, 4.69) is 69.2 Å². The van der Waals surface area contributed by atoms with Crippen LogP contribution in [-0.4, -0.2) is 17.4 Å². The van der Waals surface area contributed by atoms with Crippen molar-refractivity contribution in [1.29, 1.82) is 0 Å². The molecular formula is C53H86O5. The topological polar surface area (TPSA) is 54.0 Å². The van der Waals surface area contributed by atoms with Gasteiger partial charge in [0.25, 0.3) is 0 Å². The summed E-state index contributed by atoms with van der Waals surface area (Å²) < 4.78 is 25.1. The summed E-state index contributed by atoms with van der Waals surface area (Å²) in [6.45, 7) is 23.5. The van der Waals surface area contributed by atoms with Crippen LogP contribution in [0, 0.1) is 22.7 Å². The molecule has 2 aliphatic rings. The van der Waals surface area contributed by atoms with Gasteiger partial charge in [-0.15, -0.1) is 0 Å². The average molecular weight is 803 g/mol. The summed E-state index contributed by atoms with van der Waals surface area (Å²) in [7, 11) is 0. The number of aryl methyl sites for hydroxylation is 2. The Bertz CT molecular complexity index is 1410. The van der Waals surface area contributed by atoms with E-state index in [4.69, 9.17) is 18.9 Å². The van der Waals surface area contributed by atoms with Crippen molar-refractivity contribution < 1.29 is 23.7 Å². The molecule has 2 heterocycles. The summed E-state index contributed by atoms with van der Waals surface area (Å²) in [5, 5.41) is 0. The van der Waals surface area contributed by atoms with E-state index in [1.165, 1.54) is 128 Å². The van der Waals surface area contributed by atoms with Gasteiger partial charge in [-0.05, 0) is 98.9 Å². The standard InChI is InChI=1S/C53H86O5/c1-11-13-15-17-19-21-23-25-27-29-41(3)50(5,6)52(9)37-35-43-39-45(31-33-47(43)57-52)55-49(54)56-46-32-34-48-44(40-46)36-38-53(10,58-48)51(7,8)42(4)30-28-26-24-22-20-18-16-14-12-2/h31-34,39-42H,11-30,35-38H2,1-10H3. The number of benzene rings is 2. The maximum Gasteiger partial charge on any atom is 0.519 e. The first kappa shape index (κ1) is 48.0. The Labute approximate surface area is 356 Å². The molecule has 58 heavy (non-hydrogen) atoms. The van der Waals surface area contributed by atoms with E-state index in [-0.39, 0.29) is 22.0 Å². The van der Waals surface area contributed by atoms with Gasteiger partial charge in [-0.25, -0.2) is 4.79 Å².